The number of ether oxygens (including phenoxy) is 1. The molecule has 0 spiro atoms. The highest BCUT2D eigenvalue weighted by molar-refractivity contribution is 6.40. The lowest BCUT2D eigenvalue weighted by molar-refractivity contribution is 0.188. The van der Waals surface area contributed by atoms with Gasteiger partial charge >= 0.3 is 0 Å². The molecule has 3 N–H and O–H groups in total. The van der Waals surface area contributed by atoms with Crippen LogP contribution < -0.4 is 20.3 Å². The number of aliphatic hydroxyl groups is 1. The lowest BCUT2D eigenvalue weighted by Gasteiger charge is -2.35. The number of nitrogens with one attached hydrogen (secondary N) is 2. The Bertz CT molecular complexity index is 3170. The Hall–Kier alpha value is -6.18. The van der Waals surface area contributed by atoms with Crippen molar-refractivity contribution in [1.82, 2.24) is 60.1 Å². The van der Waals surface area contributed by atoms with Crippen LogP contribution in [0.15, 0.2) is 72.8 Å². The van der Waals surface area contributed by atoms with E-state index in [1.165, 1.54) is 12.8 Å². The van der Waals surface area contributed by atoms with Gasteiger partial charge in [-0.3, -0.25) is 9.80 Å². The molecule has 2 saturated heterocycles. The van der Waals surface area contributed by atoms with Gasteiger partial charge in [0.2, 0.25) is 17.8 Å². The fourth-order valence-corrected chi connectivity index (χ4v) is 9.91. The van der Waals surface area contributed by atoms with E-state index in [2.05, 4.69) is 70.6 Å². The third-order valence-corrected chi connectivity index (χ3v) is 13.4. The summed E-state index contributed by atoms with van der Waals surface area (Å²) in [5, 5.41) is 35.1. The van der Waals surface area contributed by atoms with E-state index < -0.39 is 0 Å². The standard InChI is InChI=1S/C25H26Cl2N8O.C25H25Cl2N7O/c1-15-12-17(23-18(26)4-3-5-19(23)27)13-20-24(15)31-25(33-32-20)30-21-14-22(29-16(2)28-21)35-8-6-34(7-9-35)10-11-36;1-15-12-17(23-18(26)6-5-7-19(23)27)13-20-24(15)31-25(33-32-20)30-21-14-22(29-16(2)28-21)35-11-10-34-8-3-4-9-34/h3-5,12-14,36H,6-11H2,1-2H3,(H,28,29,30,31,33);5-7,12-14H,3-4,8-11H2,1-2H3,(H,28,29,30,31,33). The van der Waals surface area contributed by atoms with Crippen LogP contribution in [0.5, 0.6) is 5.88 Å². The first-order valence-corrected chi connectivity index (χ1v) is 24.8. The molecule has 0 unspecified atom stereocenters. The predicted molar refractivity (Wildman–Crippen MR) is 282 cm³/mol. The van der Waals surface area contributed by atoms with Crippen LogP contribution >= 0.6 is 46.4 Å². The molecule has 21 heteroatoms. The van der Waals surface area contributed by atoms with Gasteiger partial charge in [-0.15, -0.1) is 20.4 Å². The smallest absolute Gasteiger partial charge is 0.248 e. The van der Waals surface area contributed by atoms with Crippen LogP contribution in [-0.2, 0) is 0 Å². The zero-order chi connectivity index (χ0) is 49.6. The summed E-state index contributed by atoms with van der Waals surface area (Å²) in [7, 11) is 0. The summed E-state index contributed by atoms with van der Waals surface area (Å²) in [4.78, 5) is 34.2. The van der Waals surface area contributed by atoms with Crippen LogP contribution in [-0.4, -0.2) is 131 Å². The Labute approximate surface area is 431 Å². The van der Waals surface area contributed by atoms with E-state index >= 15 is 0 Å². The number of fused-ring (bicyclic) bond motifs is 2. The minimum Gasteiger partial charge on any atom is -0.476 e. The Morgan fingerprint density at radius 1 is 0.549 bits per heavy atom. The minimum absolute atomic E-state index is 0.176. The molecule has 4 aromatic heterocycles. The first kappa shape index (κ1) is 49.8. The van der Waals surface area contributed by atoms with Crippen LogP contribution in [0.2, 0.25) is 20.1 Å². The number of halogens is 4. The van der Waals surface area contributed by atoms with Crippen LogP contribution in [0.25, 0.3) is 44.3 Å². The number of hydrogen-bond donors (Lipinski definition) is 3. The Kier molecular flexibility index (Phi) is 15.8. The molecule has 2 aliphatic heterocycles. The second-order valence-electron chi connectivity index (χ2n) is 17.3. The SMILES string of the molecule is Cc1nc(Nc2nnc3cc(-c4c(Cl)cccc4Cl)cc(C)c3n2)cc(N2CCN(CCO)CC2)n1.Cc1nc(Nc2nnc3cc(-c4c(Cl)cccc4Cl)cc(C)c3n2)cc(OCCN2CCCC2)n1. The molecular formula is C50H51Cl4N15O2. The monoisotopic (exact) mass is 1030 g/mol. The molecule has 0 aliphatic carbocycles. The van der Waals surface area contributed by atoms with Crippen molar-refractivity contribution in [2.24, 2.45) is 0 Å². The highest BCUT2D eigenvalue weighted by atomic mass is 35.5. The highest BCUT2D eigenvalue weighted by Gasteiger charge is 2.20. The number of aliphatic hydroxyl groups excluding tert-OH is 1. The molecule has 0 atom stereocenters. The highest BCUT2D eigenvalue weighted by Crippen LogP contribution is 2.38. The molecule has 71 heavy (non-hydrogen) atoms. The lowest BCUT2D eigenvalue weighted by atomic mass is 10.0. The number of benzene rings is 4. The number of piperazine rings is 1. The Morgan fingerprint density at radius 2 is 1.04 bits per heavy atom. The zero-order valence-corrected chi connectivity index (χ0v) is 42.6. The zero-order valence-electron chi connectivity index (χ0n) is 39.6. The second-order valence-corrected chi connectivity index (χ2v) is 18.9. The van der Waals surface area contributed by atoms with E-state index in [0.717, 1.165) is 96.0 Å². The van der Waals surface area contributed by atoms with Crippen molar-refractivity contribution in [2.45, 2.75) is 40.5 Å². The topological polar surface area (TPSA) is 192 Å². The molecule has 0 bridgehead atoms. The molecule has 8 aromatic rings. The summed E-state index contributed by atoms with van der Waals surface area (Å²) in [6.45, 7) is 15.7. The number of nitrogens with zero attached hydrogens (tertiary/aromatic N) is 13. The predicted octanol–water partition coefficient (Wildman–Crippen LogP) is 9.89. The van der Waals surface area contributed by atoms with Gasteiger partial charge in [-0.1, -0.05) is 58.5 Å². The lowest BCUT2D eigenvalue weighted by Crippen LogP contribution is -2.47. The van der Waals surface area contributed by atoms with Crippen LogP contribution in [0.1, 0.15) is 35.6 Å². The third-order valence-electron chi connectivity index (χ3n) is 12.1. The summed E-state index contributed by atoms with van der Waals surface area (Å²) in [6, 6.07) is 22.3. The Morgan fingerprint density at radius 3 is 1.56 bits per heavy atom. The number of hydrogen-bond acceptors (Lipinski definition) is 17. The quantitative estimate of drug-likeness (QED) is 0.0987. The van der Waals surface area contributed by atoms with E-state index in [0.29, 0.717) is 85.3 Å². The molecule has 2 fully saturated rings. The number of anilines is 5. The normalized spacial score (nSPS) is 14.2. The maximum Gasteiger partial charge on any atom is 0.248 e. The Balaban J connectivity index is 0.000000176. The molecule has 6 heterocycles. The van der Waals surface area contributed by atoms with Crippen molar-refractivity contribution in [3.8, 4) is 28.1 Å². The van der Waals surface area contributed by atoms with Gasteiger partial charge in [0.25, 0.3) is 0 Å². The van der Waals surface area contributed by atoms with Crippen molar-refractivity contribution >= 4 is 97.8 Å². The van der Waals surface area contributed by atoms with Crippen molar-refractivity contribution in [3.05, 3.63) is 116 Å². The van der Waals surface area contributed by atoms with Gasteiger partial charge in [0.1, 0.15) is 46.7 Å². The molecular weight excluding hydrogens is 984 g/mol. The molecule has 4 aromatic carbocycles. The molecule has 0 saturated carbocycles. The van der Waals surface area contributed by atoms with E-state index in [1.54, 1.807) is 6.07 Å². The number of aryl methyl sites for hydroxylation is 4. The maximum atomic E-state index is 9.17. The van der Waals surface area contributed by atoms with Gasteiger partial charge in [-0.05, 0) is 124 Å². The number of β-amino-alcohol motifs (C(OH)–C–C–N with tert-alkyl or cyclic N) is 1. The molecule has 17 nitrogen and oxygen atoms in total. The molecule has 0 radical (unpaired) electrons. The minimum atomic E-state index is 0.176. The molecule has 10 rings (SSSR count). The fraction of sp³-hybridized carbons (Fsp3) is 0.320. The van der Waals surface area contributed by atoms with E-state index in [9.17, 15) is 5.11 Å². The van der Waals surface area contributed by atoms with Crippen molar-refractivity contribution in [3.63, 3.8) is 0 Å². The van der Waals surface area contributed by atoms with Crippen molar-refractivity contribution in [2.75, 3.05) is 81.1 Å². The summed E-state index contributed by atoms with van der Waals surface area (Å²) < 4.78 is 5.88. The number of aromatic nitrogens is 10. The summed E-state index contributed by atoms with van der Waals surface area (Å²) in [5.41, 5.74) is 7.85. The molecule has 2 aliphatic rings. The molecule has 0 amide bonds. The summed E-state index contributed by atoms with van der Waals surface area (Å²) in [5.74, 6) is 4.46. The van der Waals surface area contributed by atoms with Crippen molar-refractivity contribution in [1.29, 1.82) is 0 Å². The fourth-order valence-electron chi connectivity index (χ4n) is 8.68. The summed E-state index contributed by atoms with van der Waals surface area (Å²) >= 11 is 25.6. The van der Waals surface area contributed by atoms with Gasteiger partial charge in [0.15, 0.2) is 0 Å². The average Bonchev–Trinajstić information content (AvgIpc) is 3.86. The van der Waals surface area contributed by atoms with Crippen LogP contribution in [0.3, 0.4) is 0 Å². The first-order valence-electron chi connectivity index (χ1n) is 23.2. The first-order chi connectivity index (χ1) is 34.4. The summed E-state index contributed by atoms with van der Waals surface area (Å²) in [6.07, 6.45) is 2.52. The van der Waals surface area contributed by atoms with E-state index in [4.69, 9.17) is 56.1 Å². The van der Waals surface area contributed by atoms with Crippen LogP contribution in [0, 0.1) is 27.7 Å². The van der Waals surface area contributed by atoms with E-state index in [-0.39, 0.29) is 6.61 Å². The molecule has 366 valence electrons. The number of likely N-dealkylation sites (tertiary alicyclic amines) is 1. The van der Waals surface area contributed by atoms with Gasteiger partial charge in [0.05, 0.1) is 17.6 Å². The van der Waals surface area contributed by atoms with E-state index in [1.807, 2.05) is 94.4 Å². The maximum absolute atomic E-state index is 9.17. The second kappa shape index (κ2) is 22.5. The van der Waals surface area contributed by atoms with Gasteiger partial charge < -0.3 is 25.4 Å². The number of rotatable bonds is 13. The average molecular weight is 1040 g/mol. The van der Waals surface area contributed by atoms with Gasteiger partial charge in [-0.25, -0.2) is 24.9 Å². The van der Waals surface area contributed by atoms with Gasteiger partial charge in [-0.2, -0.15) is 4.98 Å². The third kappa shape index (κ3) is 12.1. The van der Waals surface area contributed by atoms with Crippen molar-refractivity contribution < 1.29 is 9.84 Å². The van der Waals surface area contributed by atoms with Gasteiger partial charge in [0, 0.05) is 82.6 Å². The van der Waals surface area contributed by atoms with Crippen LogP contribution in [0.4, 0.5) is 29.4 Å². The largest absolute Gasteiger partial charge is 0.476 e.